The minimum Gasteiger partial charge on any atom is -0.466 e. The summed E-state index contributed by atoms with van der Waals surface area (Å²) in [5.74, 6) is 3.71. The van der Waals surface area contributed by atoms with Gasteiger partial charge in [0, 0.05) is 24.4 Å². The maximum absolute atomic E-state index is 5.78. The molecule has 2 atom stereocenters. The van der Waals surface area contributed by atoms with Crippen molar-refractivity contribution < 1.29 is 8.94 Å². The molecule has 7 heteroatoms. The molecule has 27 heavy (non-hydrogen) atoms. The number of piperidine rings is 1. The van der Waals surface area contributed by atoms with E-state index in [4.69, 9.17) is 8.94 Å². The summed E-state index contributed by atoms with van der Waals surface area (Å²) in [5, 5.41) is 8.45. The lowest BCUT2D eigenvalue weighted by Gasteiger charge is -2.32. The molecule has 0 spiro atoms. The summed E-state index contributed by atoms with van der Waals surface area (Å²) in [6, 6.07) is 6.11. The van der Waals surface area contributed by atoms with Crippen LogP contribution in [0.15, 0.2) is 27.1 Å². The highest BCUT2D eigenvalue weighted by atomic mass is 32.1. The van der Waals surface area contributed by atoms with Gasteiger partial charge in [0.2, 0.25) is 0 Å². The zero-order valence-electron chi connectivity index (χ0n) is 16.1. The maximum atomic E-state index is 5.78. The minimum absolute atomic E-state index is 0.402. The van der Waals surface area contributed by atoms with E-state index < -0.39 is 0 Å². The molecule has 4 rings (SSSR count). The monoisotopic (exact) mass is 386 g/mol. The third kappa shape index (κ3) is 4.14. The van der Waals surface area contributed by atoms with Crippen LogP contribution >= 0.6 is 11.5 Å². The van der Waals surface area contributed by atoms with Gasteiger partial charge in [-0.05, 0) is 69.9 Å². The Hall–Kier alpha value is -1.99. The molecule has 0 radical (unpaired) electrons. The standard InChI is InChI=1S/C20H26N4O2S/c1-13(17-7-6-15(3)25-17)8-10-24-9-4-5-16(12-24)19-20(27-23-21-19)18-11-14(2)22-26-18/h6-7,11,13,16H,4-5,8-10,12H2,1-3H3/t13-,16+/m0/s1. The fourth-order valence-electron chi connectivity index (χ4n) is 3.82. The van der Waals surface area contributed by atoms with E-state index >= 15 is 0 Å². The van der Waals surface area contributed by atoms with E-state index in [2.05, 4.69) is 32.6 Å². The van der Waals surface area contributed by atoms with Crippen molar-refractivity contribution in [3.05, 3.63) is 41.1 Å². The van der Waals surface area contributed by atoms with Crippen molar-refractivity contribution in [1.29, 1.82) is 0 Å². The Morgan fingerprint density at radius 2 is 2.22 bits per heavy atom. The van der Waals surface area contributed by atoms with Gasteiger partial charge in [-0.1, -0.05) is 16.6 Å². The second kappa shape index (κ2) is 7.94. The number of aryl methyl sites for hydroxylation is 2. The highest BCUT2D eigenvalue weighted by molar-refractivity contribution is 7.09. The fourth-order valence-corrected chi connectivity index (χ4v) is 4.52. The van der Waals surface area contributed by atoms with E-state index in [9.17, 15) is 0 Å². The van der Waals surface area contributed by atoms with Gasteiger partial charge in [-0.3, -0.25) is 0 Å². The molecular formula is C20H26N4O2S. The summed E-state index contributed by atoms with van der Waals surface area (Å²) >= 11 is 1.40. The van der Waals surface area contributed by atoms with Crippen molar-refractivity contribution in [2.45, 2.75) is 51.9 Å². The van der Waals surface area contributed by atoms with Gasteiger partial charge >= 0.3 is 0 Å². The zero-order valence-corrected chi connectivity index (χ0v) is 17.0. The Kier molecular flexibility index (Phi) is 5.41. The van der Waals surface area contributed by atoms with Gasteiger partial charge < -0.3 is 13.8 Å². The third-order valence-corrected chi connectivity index (χ3v) is 6.14. The number of hydrogen-bond acceptors (Lipinski definition) is 7. The second-order valence-corrected chi connectivity index (χ2v) is 8.35. The van der Waals surface area contributed by atoms with E-state index in [-0.39, 0.29) is 0 Å². The van der Waals surface area contributed by atoms with Crippen molar-refractivity contribution in [2.24, 2.45) is 0 Å². The Morgan fingerprint density at radius 1 is 1.33 bits per heavy atom. The van der Waals surface area contributed by atoms with Gasteiger partial charge in [-0.2, -0.15) is 0 Å². The largest absolute Gasteiger partial charge is 0.466 e. The minimum atomic E-state index is 0.402. The third-order valence-electron chi connectivity index (χ3n) is 5.38. The van der Waals surface area contributed by atoms with Crippen LogP contribution in [0.3, 0.4) is 0 Å². The van der Waals surface area contributed by atoms with Gasteiger partial charge in [0.05, 0.1) is 11.4 Å². The number of likely N-dealkylation sites (tertiary alicyclic amines) is 1. The Bertz CT molecular complexity index is 884. The first-order valence-corrected chi connectivity index (χ1v) is 10.4. The van der Waals surface area contributed by atoms with E-state index in [0.717, 1.165) is 66.0 Å². The first-order valence-electron chi connectivity index (χ1n) is 9.65. The van der Waals surface area contributed by atoms with Crippen LogP contribution in [0.4, 0.5) is 0 Å². The lowest BCUT2D eigenvalue weighted by molar-refractivity contribution is 0.198. The van der Waals surface area contributed by atoms with E-state index in [1.165, 1.54) is 18.0 Å². The van der Waals surface area contributed by atoms with Crippen LogP contribution in [0.5, 0.6) is 0 Å². The second-order valence-electron chi connectivity index (χ2n) is 7.60. The highest BCUT2D eigenvalue weighted by Crippen LogP contribution is 2.35. The fraction of sp³-hybridized carbons (Fsp3) is 0.550. The molecule has 0 N–H and O–H groups in total. The van der Waals surface area contributed by atoms with Crippen LogP contribution < -0.4 is 0 Å². The molecule has 1 saturated heterocycles. The topological polar surface area (TPSA) is 68.2 Å². The van der Waals surface area contributed by atoms with Gasteiger partial charge in [0.15, 0.2) is 5.76 Å². The molecule has 0 bridgehead atoms. The lowest BCUT2D eigenvalue weighted by Crippen LogP contribution is -2.35. The summed E-state index contributed by atoms with van der Waals surface area (Å²) < 4.78 is 15.4. The number of rotatable bonds is 6. The molecule has 0 aromatic carbocycles. The van der Waals surface area contributed by atoms with E-state index in [1.54, 1.807) is 0 Å². The van der Waals surface area contributed by atoms with Crippen molar-refractivity contribution in [2.75, 3.05) is 19.6 Å². The van der Waals surface area contributed by atoms with E-state index in [0.29, 0.717) is 11.8 Å². The van der Waals surface area contributed by atoms with Crippen LogP contribution in [0.2, 0.25) is 0 Å². The van der Waals surface area contributed by atoms with Crippen molar-refractivity contribution in [3.63, 3.8) is 0 Å². The molecule has 0 aliphatic carbocycles. The highest BCUT2D eigenvalue weighted by Gasteiger charge is 2.28. The summed E-state index contributed by atoms with van der Waals surface area (Å²) in [6.07, 6.45) is 3.43. The van der Waals surface area contributed by atoms with Gasteiger partial charge in [0.1, 0.15) is 16.4 Å². The van der Waals surface area contributed by atoms with Crippen molar-refractivity contribution >= 4 is 11.5 Å². The maximum Gasteiger partial charge on any atom is 0.180 e. The average molecular weight is 387 g/mol. The molecule has 3 aromatic heterocycles. The molecular weight excluding hydrogens is 360 g/mol. The summed E-state index contributed by atoms with van der Waals surface area (Å²) in [6.45, 7) is 9.43. The number of hydrogen-bond donors (Lipinski definition) is 0. The Labute approximate surface area is 163 Å². The molecule has 0 amide bonds. The number of aromatic nitrogens is 3. The normalized spacial score (nSPS) is 19.4. The first-order chi connectivity index (χ1) is 13.1. The predicted octanol–water partition coefficient (Wildman–Crippen LogP) is 4.78. The molecule has 0 unspecified atom stereocenters. The average Bonchev–Trinajstić information content (AvgIpc) is 3.40. The Balaban J connectivity index is 1.39. The zero-order chi connectivity index (χ0) is 18.8. The molecule has 4 heterocycles. The molecule has 144 valence electrons. The van der Waals surface area contributed by atoms with E-state index in [1.807, 2.05) is 26.0 Å². The first kappa shape index (κ1) is 18.4. The predicted molar refractivity (Wildman–Crippen MR) is 105 cm³/mol. The quantitative estimate of drug-likeness (QED) is 0.607. The summed E-state index contributed by atoms with van der Waals surface area (Å²) in [5.41, 5.74) is 1.95. The van der Waals surface area contributed by atoms with Gasteiger partial charge in [-0.15, -0.1) is 5.10 Å². The SMILES string of the molecule is Cc1cc(-c2snnc2[C@@H]2CCCN(CC[C@H](C)c3ccc(C)o3)C2)on1. The van der Waals surface area contributed by atoms with Gasteiger partial charge in [-0.25, -0.2) is 0 Å². The number of furan rings is 1. The summed E-state index contributed by atoms with van der Waals surface area (Å²) in [7, 11) is 0. The van der Waals surface area contributed by atoms with Crippen LogP contribution in [0.25, 0.3) is 10.6 Å². The lowest BCUT2D eigenvalue weighted by atomic mass is 9.93. The molecule has 3 aromatic rings. The van der Waals surface area contributed by atoms with Crippen LogP contribution in [-0.2, 0) is 0 Å². The van der Waals surface area contributed by atoms with Crippen molar-refractivity contribution in [3.8, 4) is 10.6 Å². The molecule has 1 fully saturated rings. The number of nitrogens with zero attached hydrogens (tertiary/aromatic N) is 4. The molecule has 1 aliphatic heterocycles. The smallest absolute Gasteiger partial charge is 0.180 e. The van der Waals surface area contributed by atoms with Crippen LogP contribution in [0.1, 0.15) is 60.9 Å². The molecule has 0 saturated carbocycles. The Morgan fingerprint density at radius 3 is 2.96 bits per heavy atom. The van der Waals surface area contributed by atoms with Gasteiger partial charge in [0.25, 0.3) is 0 Å². The summed E-state index contributed by atoms with van der Waals surface area (Å²) in [4.78, 5) is 3.58. The molecule has 1 aliphatic rings. The van der Waals surface area contributed by atoms with Crippen LogP contribution in [-0.4, -0.2) is 39.3 Å². The molecule has 6 nitrogen and oxygen atoms in total. The van der Waals surface area contributed by atoms with Crippen molar-refractivity contribution in [1.82, 2.24) is 19.6 Å². The van der Waals surface area contributed by atoms with Crippen LogP contribution in [0, 0.1) is 13.8 Å².